The summed E-state index contributed by atoms with van der Waals surface area (Å²) in [4.78, 5) is 15.3. The number of rotatable bonds is 3. The molecule has 14 heavy (non-hydrogen) atoms. The van der Waals surface area contributed by atoms with Gasteiger partial charge in [0.1, 0.15) is 5.01 Å². The van der Waals surface area contributed by atoms with Gasteiger partial charge in [0.15, 0.2) is 6.29 Å². The molecule has 0 aliphatic heterocycles. The van der Waals surface area contributed by atoms with Crippen LogP contribution >= 0.6 is 11.3 Å². The molecule has 2 aromatic rings. The van der Waals surface area contributed by atoms with Crippen molar-refractivity contribution >= 4 is 17.6 Å². The minimum Gasteiger partial charge on any atom is -0.297 e. The molecule has 2 heterocycles. The Bertz CT molecular complexity index is 446. The van der Waals surface area contributed by atoms with Gasteiger partial charge in [-0.05, 0) is 13.0 Å². The summed E-state index contributed by atoms with van der Waals surface area (Å²) in [6.07, 6.45) is 4.13. The van der Waals surface area contributed by atoms with Gasteiger partial charge in [0, 0.05) is 18.9 Å². The Morgan fingerprint density at radius 3 is 3.14 bits per heavy atom. The molecule has 72 valence electrons. The highest BCUT2D eigenvalue weighted by molar-refractivity contribution is 7.16. The Morgan fingerprint density at radius 2 is 2.50 bits per heavy atom. The van der Waals surface area contributed by atoms with Gasteiger partial charge < -0.3 is 0 Å². The van der Waals surface area contributed by atoms with Gasteiger partial charge in [0.05, 0.1) is 10.6 Å². The predicted octanol–water partition coefficient (Wildman–Crippen LogP) is 1.84. The molecule has 0 aromatic carbocycles. The highest BCUT2D eigenvalue weighted by atomic mass is 32.1. The smallest absolute Gasteiger partial charge is 0.161 e. The van der Waals surface area contributed by atoms with Gasteiger partial charge in [-0.3, -0.25) is 9.48 Å². The van der Waals surface area contributed by atoms with Gasteiger partial charge in [-0.1, -0.05) is 0 Å². The van der Waals surface area contributed by atoms with E-state index in [0.717, 1.165) is 23.5 Å². The van der Waals surface area contributed by atoms with Crippen molar-refractivity contribution in [1.29, 1.82) is 0 Å². The lowest BCUT2D eigenvalue weighted by molar-refractivity contribution is 0.112. The van der Waals surface area contributed by atoms with E-state index >= 15 is 0 Å². The highest BCUT2D eigenvalue weighted by Crippen LogP contribution is 2.23. The van der Waals surface area contributed by atoms with Crippen molar-refractivity contribution < 1.29 is 4.79 Å². The van der Waals surface area contributed by atoms with Crippen LogP contribution in [0.1, 0.15) is 16.6 Å². The number of aryl methyl sites for hydroxylation is 1. The molecule has 5 heteroatoms. The average molecular weight is 207 g/mol. The molecule has 2 aromatic heterocycles. The van der Waals surface area contributed by atoms with Crippen LogP contribution in [0.5, 0.6) is 0 Å². The first-order valence-corrected chi connectivity index (χ1v) is 5.10. The Morgan fingerprint density at radius 1 is 1.64 bits per heavy atom. The molecule has 0 aliphatic rings. The Hall–Kier alpha value is -1.49. The second-order valence-electron chi connectivity index (χ2n) is 2.72. The van der Waals surface area contributed by atoms with Crippen LogP contribution in [0.3, 0.4) is 0 Å². The summed E-state index contributed by atoms with van der Waals surface area (Å²) in [5.74, 6) is 0. The molecular formula is C9H9N3OS. The predicted molar refractivity (Wildman–Crippen MR) is 54.4 cm³/mol. The zero-order valence-electron chi connectivity index (χ0n) is 7.67. The molecule has 0 N–H and O–H groups in total. The van der Waals surface area contributed by atoms with Crippen LogP contribution < -0.4 is 0 Å². The molecule has 0 saturated heterocycles. The second kappa shape index (κ2) is 3.71. The molecule has 0 amide bonds. The summed E-state index contributed by atoms with van der Waals surface area (Å²) < 4.78 is 1.85. The third kappa shape index (κ3) is 1.46. The van der Waals surface area contributed by atoms with Crippen molar-refractivity contribution in [3.63, 3.8) is 0 Å². The summed E-state index contributed by atoms with van der Waals surface area (Å²) in [6, 6.07) is 1.90. The quantitative estimate of drug-likeness (QED) is 0.721. The molecular weight excluding hydrogens is 198 g/mol. The van der Waals surface area contributed by atoms with Crippen LogP contribution in [0.15, 0.2) is 18.5 Å². The third-order valence-electron chi connectivity index (χ3n) is 1.87. The van der Waals surface area contributed by atoms with Crippen LogP contribution in [0.25, 0.3) is 10.7 Å². The van der Waals surface area contributed by atoms with Crippen LogP contribution in [0, 0.1) is 0 Å². The topological polar surface area (TPSA) is 47.8 Å². The fraction of sp³-hybridized carbons (Fsp3) is 0.222. The summed E-state index contributed by atoms with van der Waals surface area (Å²) in [5, 5.41) is 4.98. The minimum absolute atomic E-state index is 0.642. The summed E-state index contributed by atoms with van der Waals surface area (Å²) in [7, 11) is 0. The van der Waals surface area contributed by atoms with E-state index in [1.54, 1.807) is 12.4 Å². The number of nitrogens with zero attached hydrogens (tertiary/aromatic N) is 3. The monoisotopic (exact) mass is 207 g/mol. The molecule has 0 aliphatic carbocycles. The summed E-state index contributed by atoms with van der Waals surface area (Å²) in [6.45, 7) is 2.82. The van der Waals surface area contributed by atoms with E-state index in [9.17, 15) is 4.79 Å². The lowest BCUT2D eigenvalue weighted by atomic mass is 10.4. The largest absolute Gasteiger partial charge is 0.297 e. The molecule has 0 radical (unpaired) electrons. The van der Waals surface area contributed by atoms with E-state index < -0.39 is 0 Å². The van der Waals surface area contributed by atoms with Crippen molar-refractivity contribution in [2.24, 2.45) is 0 Å². The Balaban J connectivity index is 2.43. The van der Waals surface area contributed by atoms with Gasteiger partial charge in [0.25, 0.3) is 0 Å². The Labute approximate surface area is 85.2 Å². The van der Waals surface area contributed by atoms with Crippen molar-refractivity contribution in [2.45, 2.75) is 13.5 Å². The molecule has 0 bridgehead atoms. The first-order valence-electron chi connectivity index (χ1n) is 4.28. The van der Waals surface area contributed by atoms with E-state index in [4.69, 9.17) is 0 Å². The third-order valence-corrected chi connectivity index (χ3v) is 2.82. The highest BCUT2D eigenvalue weighted by Gasteiger charge is 2.08. The number of aldehydes is 1. The van der Waals surface area contributed by atoms with E-state index in [0.29, 0.717) is 4.88 Å². The summed E-state index contributed by atoms with van der Waals surface area (Å²) >= 11 is 1.38. The van der Waals surface area contributed by atoms with E-state index in [-0.39, 0.29) is 0 Å². The molecule has 0 atom stereocenters. The zero-order chi connectivity index (χ0) is 9.97. The van der Waals surface area contributed by atoms with Crippen LogP contribution in [-0.4, -0.2) is 21.1 Å². The number of hydrogen-bond acceptors (Lipinski definition) is 4. The van der Waals surface area contributed by atoms with Crippen molar-refractivity contribution in [2.75, 3.05) is 0 Å². The molecule has 0 saturated carbocycles. The van der Waals surface area contributed by atoms with Gasteiger partial charge in [0.2, 0.25) is 0 Å². The maximum Gasteiger partial charge on any atom is 0.161 e. The maximum absolute atomic E-state index is 10.5. The summed E-state index contributed by atoms with van der Waals surface area (Å²) in [5.41, 5.74) is 0.964. The fourth-order valence-electron chi connectivity index (χ4n) is 1.23. The minimum atomic E-state index is 0.642. The first kappa shape index (κ1) is 9.08. The van der Waals surface area contributed by atoms with E-state index in [2.05, 4.69) is 10.1 Å². The molecule has 2 rings (SSSR count). The lowest BCUT2D eigenvalue weighted by Gasteiger charge is -1.99. The fourth-order valence-corrected chi connectivity index (χ4v) is 1.99. The zero-order valence-corrected chi connectivity index (χ0v) is 8.49. The van der Waals surface area contributed by atoms with Crippen molar-refractivity contribution in [1.82, 2.24) is 14.8 Å². The van der Waals surface area contributed by atoms with Crippen molar-refractivity contribution in [3.8, 4) is 10.7 Å². The number of carbonyl (C=O) groups excluding carboxylic acids is 1. The normalized spacial score (nSPS) is 10.4. The average Bonchev–Trinajstić information content (AvgIpc) is 2.85. The van der Waals surface area contributed by atoms with Crippen LogP contribution in [0.4, 0.5) is 0 Å². The van der Waals surface area contributed by atoms with Gasteiger partial charge >= 0.3 is 0 Å². The van der Waals surface area contributed by atoms with Crippen LogP contribution in [0.2, 0.25) is 0 Å². The SMILES string of the molecule is CCn1nccc1-c1ncc(C=O)s1. The van der Waals surface area contributed by atoms with Gasteiger partial charge in [-0.15, -0.1) is 11.3 Å². The van der Waals surface area contributed by atoms with Crippen molar-refractivity contribution in [3.05, 3.63) is 23.3 Å². The second-order valence-corrected chi connectivity index (χ2v) is 3.78. The molecule has 0 fully saturated rings. The number of thiazole rings is 1. The molecule has 4 nitrogen and oxygen atoms in total. The number of aromatic nitrogens is 3. The van der Waals surface area contributed by atoms with Crippen LogP contribution in [-0.2, 0) is 6.54 Å². The van der Waals surface area contributed by atoms with Gasteiger partial charge in [-0.2, -0.15) is 5.10 Å². The molecule has 0 unspecified atom stereocenters. The Kier molecular flexibility index (Phi) is 2.41. The molecule has 0 spiro atoms. The maximum atomic E-state index is 10.5. The van der Waals surface area contributed by atoms with E-state index in [1.807, 2.05) is 17.7 Å². The number of hydrogen-bond donors (Lipinski definition) is 0. The standard InChI is InChI=1S/C9H9N3OS/c1-2-12-8(3-4-11-12)9-10-5-7(6-13)14-9/h3-6H,2H2,1H3. The number of carbonyl (C=O) groups is 1. The van der Waals surface area contributed by atoms with Gasteiger partial charge in [-0.25, -0.2) is 4.98 Å². The lowest BCUT2D eigenvalue weighted by Crippen LogP contribution is -1.97. The van der Waals surface area contributed by atoms with E-state index in [1.165, 1.54) is 11.3 Å². The first-order chi connectivity index (χ1) is 6.85.